The van der Waals surface area contributed by atoms with E-state index in [-0.39, 0.29) is 5.78 Å². The Bertz CT molecular complexity index is 1840. The molecule has 0 unspecified atom stereocenters. The molecule has 226 valence electrons. The zero-order valence-electron chi connectivity index (χ0n) is 26.8. The van der Waals surface area contributed by atoms with Gasteiger partial charge in [0.15, 0.2) is 5.78 Å². The van der Waals surface area contributed by atoms with Crippen LogP contribution in [0.15, 0.2) is 152 Å². The molecule has 0 spiro atoms. The van der Waals surface area contributed by atoms with E-state index in [1.807, 2.05) is 30.3 Å². The van der Waals surface area contributed by atoms with Gasteiger partial charge in [0.25, 0.3) is 0 Å². The maximum Gasteiger partial charge on any atom is 0.185 e. The van der Waals surface area contributed by atoms with Gasteiger partial charge in [-0.15, -0.1) is 0 Å². The lowest BCUT2D eigenvalue weighted by molar-refractivity contribution is 0.104. The van der Waals surface area contributed by atoms with Crippen LogP contribution in [-0.4, -0.2) is 5.78 Å². The van der Waals surface area contributed by atoms with Crippen LogP contribution in [-0.2, 0) is 0 Å². The van der Waals surface area contributed by atoms with Gasteiger partial charge < -0.3 is 9.80 Å². The van der Waals surface area contributed by atoms with Gasteiger partial charge >= 0.3 is 0 Å². The van der Waals surface area contributed by atoms with Crippen molar-refractivity contribution in [3.63, 3.8) is 0 Å². The third-order valence-electron chi connectivity index (χ3n) is 8.16. The molecule has 6 aromatic carbocycles. The second-order valence-corrected chi connectivity index (χ2v) is 11.8. The van der Waals surface area contributed by atoms with Crippen molar-refractivity contribution in [1.82, 2.24) is 0 Å². The number of benzene rings is 6. The first-order chi connectivity index (χ1) is 22.3. The molecule has 0 heterocycles. The molecule has 6 aromatic rings. The zero-order chi connectivity index (χ0) is 32.0. The quantitative estimate of drug-likeness (QED) is 0.122. The van der Waals surface area contributed by atoms with Gasteiger partial charge in [-0.2, -0.15) is 0 Å². The summed E-state index contributed by atoms with van der Waals surface area (Å²) in [4.78, 5) is 17.7. The fourth-order valence-electron chi connectivity index (χ4n) is 5.45. The van der Waals surface area contributed by atoms with Crippen LogP contribution >= 0.6 is 0 Å². The summed E-state index contributed by atoms with van der Waals surface area (Å²) in [6.07, 6.45) is 3.53. The van der Waals surface area contributed by atoms with Crippen molar-refractivity contribution >= 4 is 46.0 Å². The molecule has 0 amide bonds. The molecule has 0 aromatic heterocycles. The van der Waals surface area contributed by atoms with Crippen molar-refractivity contribution in [3.05, 3.63) is 185 Å². The molecular weight excluding hydrogens is 560 g/mol. The number of rotatable bonds is 9. The second kappa shape index (κ2) is 13.5. The molecule has 0 saturated heterocycles. The molecule has 0 aliphatic rings. The van der Waals surface area contributed by atoms with Gasteiger partial charge in [-0.3, -0.25) is 4.79 Å². The topological polar surface area (TPSA) is 23.6 Å². The fraction of sp³-hybridized carbons (Fsp3) is 0.0930. The Morgan fingerprint density at radius 3 is 0.957 bits per heavy atom. The van der Waals surface area contributed by atoms with Crippen molar-refractivity contribution in [3.8, 4) is 0 Å². The Hall–Kier alpha value is -5.67. The van der Waals surface area contributed by atoms with Crippen LogP contribution < -0.4 is 9.80 Å². The average molecular weight is 599 g/mol. The maximum absolute atomic E-state index is 13.2. The summed E-state index contributed by atoms with van der Waals surface area (Å²) in [5, 5.41) is 0. The number of carbonyl (C=O) groups is 1. The van der Waals surface area contributed by atoms with Crippen LogP contribution in [0.5, 0.6) is 0 Å². The highest BCUT2D eigenvalue weighted by atomic mass is 16.1. The molecule has 46 heavy (non-hydrogen) atoms. The molecule has 3 heteroatoms. The van der Waals surface area contributed by atoms with Gasteiger partial charge in [-0.05, 0) is 124 Å². The molecule has 0 radical (unpaired) electrons. The number of aryl methyl sites for hydroxylation is 4. The highest BCUT2D eigenvalue weighted by Crippen LogP contribution is 2.36. The summed E-state index contributed by atoms with van der Waals surface area (Å²) in [5.74, 6) is -0.0335. The van der Waals surface area contributed by atoms with E-state index in [2.05, 4.69) is 159 Å². The predicted octanol–water partition coefficient (Wildman–Crippen LogP) is 11.8. The van der Waals surface area contributed by atoms with Crippen LogP contribution in [0.3, 0.4) is 0 Å². The van der Waals surface area contributed by atoms with Crippen molar-refractivity contribution in [2.45, 2.75) is 27.7 Å². The molecule has 0 N–H and O–H groups in total. The lowest BCUT2D eigenvalue weighted by atomic mass is 10.1. The number of carbonyl (C=O) groups excluding carboxylic acids is 1. The monoisotopic (exact) mass is 598 g/mol. The minimum Gasteiger partial charge on any atom is -0.311 e. The number of allylic oxidation sites excluding steroid dienone is 1. The third kappa shape index (κ3) is 7.00. The van der Waals surface area contributed by atoms with Gasteiger partial charge in [0, 0.05) is 39.7 Å². The average Bonchev–Trinajstić information content (AvgIpc) is 3.08. The van der Waals surface area contributed by atoms with E-state index in [0.717, 1.165) is 39.7 Å². The standard InChI is InChI=1S/C43H38N2O/c1-31-5-18-37(19-6-31)44(38-20-7-32(2)8-21-38)41-26-13-35(14-27-41)15-30-43(46)36-16-28-42(29-17-36)45(39-22-9-33(3)10-23-39)40-24-11-34(4)12-25-40/h5-30H,1-4H3/b30-15+. The van der Waals surface area contributed by atoms with Gasteiger partial charge in [0.05, 0.1) is 0 Å². The molecular formula is C43H38N2O. The lowest BCUT2D eigenvalue weighted by Crippen LogP contribution is -2.10. The molecule has 0 aliphatic carbocycles. The second-order valence-electron chi connectivity index (χ2n) is 11.8. The van der Waals surface area contributed by atoms with Gasteiger partial charge in [0.2, 0.25) is 0 Å². The van der Waals surface area contributed by atoms with Crippen LogP contribution in [0.4, 0.5) is 34.1 Å². The van der Waals surface area contributed by atoms with Gasteiger partial charge in [-0.1, -0.05) is 89.0 Å². The molecule has 0 atom stereocenters. The van der Waals surface area contributed by atoms with Crippen LogP contribution in [0.1, 0.15) is 38.2 Å². The van der Waals surface area contributed by atoms with E-state index in [0.29, 0.717) is 5.56 Å². The minimum atomic E-state index is -0.0335. The highest BCUT2D eigenvalue weighted by molar-refractivity contribution is 6.07. The first-order valence-electron chi connectivity index (χ1n) is 15.6. The van der Waals surface area contributed by atoms with Gasteiger partial charge in [-0.25, -0.2) is 0 Å². The first-order valence-corrected chi connectivity index (χ1v) is 15.6. The van der Waals surface area contributed by atoms with Crippen LogP contribution in [0.25, 0.3) is 6.08 Å². The Balaban J connectivity index is 1.21. The number of hydrogen-bond acceptors (Lipinski definition) is 3. The molecule has 0 saturated carbocycles. The van der Waals surface area contributed by atoms with Crippen LogP contribution in [0, 0.1) is 27.7 Å². The third-order valence-corrected chi connectivity index (χ3v) is 8.16. The number of anilines is 6. The largest absolute Gasteiger partial charge is 0.311 e. The van der Waals surface area contributed by atoms with Crippen molar-refractivity contribution in [1.29, 1.82) is 0 Å². The molecule has 3 nitrogen and oxygen atoms in total. The van der Waals surface area contributed by atoms with E-state index in [1.54, 1.807) is 6.08 Å². The summed E-state index contributed by atoms with van der Waals surface area (Å²) in [7, 11) is 0. The van der Waals surface area contributed by atoms with Crippen molar-refractivity contribution in [2.24, 2.45) is 0 Å². The highest BCUT2D eigenvalue weighted by Gasteiger charge is 2.14. The molecule has 0 aliphatic heterocycles. The Labute approximate surface area is 272 Å². The van der Waals surface area contributed by atoms with E-state index >= 15 is 0 Å². The van der Waals surface area contributed by atoms with E-state index in [9.17, 15) is 4.79 Å². The summed E-state index contributed by atoms with van der Waals surface area (Å²) in [6, 6.07) is 50.3. The molecule has 6 rings (SSSR count). The van der Waals surface area contributed by atoms with E-state index in [1.165, 1.54) is 22.3 Å². The smallest absolute Gasteiger partial charge is 0.185 e. The summed E-state index contributed by atoms with van der Waals surface area (Å²) in [6.45, 7) is 8.38. The molecule has 0 fully saturated rings. The fourth-order valence-corrected chi connectivity index (χ4v) is 5.45. The van der Waals surface area contributed by atoms with Crippen LogP contribution in [0.2, 0.25) is 0 Å². The van der Waals surface area contributed by atoms with Crippen molar-refractivity contribution < 1.29 is 4.79 Å². The lowest BCUT2D eigenvalue weighted by Gasteiger charge is -2.26. The number of ketones is 1. The number of hydrogen-bond donors (Lipinski definition) is 0. The summed E-state index contributed by atoms with van der Waals surface area (Å²) in [5.41, 5.74) is 12.9. The normalized spacial score (nSPS) is 11.0. The summed E-state index contributed by atoms with van der Waals surface area (Å²) >= 11 is 0. The predicted molar refractivity (Wildman–Crippen MR) is 195 cm³/mol. The Kier molecular flexibility index (Phi) is 8.94. The zero-order valence-corrected chi connectivity index (χ0v) is 26.8. The minimum absolute atomic E-state index is 0.0335. The Morgan fingerprint density at radius 1 is 0.391 bits per heavy atom. The van der Waals surface area contributed by atoms with Crippen molar-refractivity contribution in [2.75, 3.05) is 9.80 Å². The number of nitrogens with zero attached hydrogens (tertiary/aromatic N) is 2. The molecule has 0 bridgehead atoms. The summed E-state index contributed by atoms with van der Waals surface area (Å²) < 4.78 is 0. The van der Waals surface area contributed by atoms with Gasteiger partial charge in [0.1, 0.15) is 0 Å². The van der Waals surface area contributed by atoms with E-state index in [4.69, 9.17) is 0 Å². The van der Waals surface area contributed by atoms with E-state index < -0.39 is 0 Å². The SMILES string of the molecule is Cc1ccc(N(c2ccc(C)cc2)c2ccc(/C=C/C(=O)c3ccc(N(c4ccc(C)cc4)c4ccc(C)cc4)cc3)cc2)cc1. The Morgan fingerprint density at radius 2 is 0.652 bits per heavy atom. The first kappa shape index (κ1) is 30.4. The maximum atomic E-state index is 13.2.